The molecule has 0 atom stereocenters. The number of rotatable bonds is 6. The number of hydrogen-bond donors (Lipinski definition) is 3. The molecule has 2 aromatic carbocycles. The molecule has 0 bridgehead atoms. The predicted molar refractivity (Wildman–Crippen MR) is 83.7 cm³/mol. The van der Waals surface area contributed by atoms with Crippen LogP contribution in [0.4, 0.5) is 0 Å². The summed E-state index contributed by atoms with van der Waals surface area (Å²) in [5.41, 5.74) is 0.862. The zero-order valence-corrected chi connectivity index (χ0v) is 12.3. The van der Waals surface area contributed by atoms with Gasteiger partial charge in [0.1, 0.15) is 0 Å². The number of phenols is 2. The quantitative estimate of drug-likeness (QED) is 0.566. The van der Waals surface area contributed by atoms with E-state index in [4.69, 9.17) is 0 Å². The van der Waals surface area contributed by atoms with Gasteiger partial charge in [0.25, 0.3) is 0 Å². The molecule has 0 aliphatic carbocycles. The molecular weight excluding hydrogens is 286 g/mol. The molecule has 4 nitrogen and oxygen atoms in total. The maximum atomic E-state index is 11.7. The Balaban J connectivity index is 1.70. The molecule has 0 saturated heterocycles. The van der Waals surface area contributed by atoms with Gasteiger partial charge in [-0.05, 0) is 36.2 Å². The minimum atomic E-state index is -0.140. The summed E-state index contributed by atoms with van der Waals surface area (Å²) >= 11 is 1.49. The van der Waals surface area contributed by atoms with Gasteiger partial charge in [-0.3, -0.25) is 4.79 Å². The van der Waals surface area contributed by atoms with E-state index in [2.05, 4.69) is 5.32 Å². The summed E-state index contributed by atoms with van der Waals surface area (Å²) in [6.45, 7) is 0.498. The first-order chi connectivity index (χ1) is 10.1. The first-order valence-corrected chi connectivity index (χ1v) is 7.59. The third-order valence-electron chi connectivity index (χ3n) is 2.89. The number of carbonyl (C=O) groups is 1. The molecule has 110 valence electrons. The van der Waals surface area contributed by atoms with Crippen molar-refractivity contribution in [3.8, 4) is 11.5 Å². The molecule has 3 N–H and O–H groups in total. The van der Waals surface area contributed by atoms with Gasteiger partial charge in [0.15, 0.2) is 11.5 Å². The summed E-state index contributed by atoms with van der Waals surface area (Å²) in [5.74, 6) is 0.0811. The number of aromatic hydroxyl groups is 2. The molecule has 1 amide bonds. The molecule has 0 unspecified atom stereocenters. The minimum absolute atomic E-state index is 0.0214. The molecule has 0 aromatic heterocycles. The first kappa shape index (κ1) is 15.3. The Hall–Kier alpha value is -2.14. The average molecular weight is 303 g/mol. The van der Waals surface area contributed by atoms with Crippen molar-refractivity contribution < 1.29 is 15.0 Å². The summed E-state index contributed by atoms with van der Waals surface area (Å²) < 4.78 is 0. The van der Waals surface area contributed by atoms with Crippen molar-refractivity contribution in [1.29, 1.82) is 0 Å². The van der Waals surface area contributed by atoms with Gasteiger partial charge >= 0.3 is 0 Å². The van der Waals surface area contributed by atoms with Crippen molar-refractivity contribution >= 4 is 17.7 Å². The molecule has 0 aliphatic heterocycles. The van der Waals surface area contributed by atoms with Gasteiger partial charge < -0.3 is 15.5 Å². The monoisotopic (exact) mass is 303 g/mol. The van der Waals surface area contributed by atoms with Crippen LogP contribution < -0.4 is 5.32 Å². The molecule has 0 spiro atoms. The molecular formula is C16H17NO3S. The van der Waals surface area contributed by atoms with Crippen LogP contribution in [0, 0.1) is 0 Å². The van der Waals surface area contributed by atoms with Gasteiger partial charge in [0.2, 0.25) is 5.91 Å². The fraction of sp³-hybridized carbons (Fsp3) is 0.188. The van der Waals surface area contributed by atoms with Crippen molar-refractivity contribution in [2.24, 2.45) is 0 Å². The standard InChI is InChI=1S/C16H17NO3S/c18-14-7-6-12(10-15(14)19)8-9-17-16(20)11-21-13-4-2-1-3-5-13/h1-7,10,18-19H,8-9,11H2,(H,17,20). The molecule has 5 heteroatoms. The van der Waals surface area contributed by atoms with Crippen LogP contribution in [0.3, 0.4) is 0 Å². The fourth-order valence-corrected chi connectivity index (χ4v) is 2.54. The molecule has 2 rings (SSSR count). The van der Waals surface area contributed by atoms with Crippen molar-refractivity contribution in [2.75, 3.05) is 12.3 Å². The Labute approximate surface area is 127 Å². The highest BCUT2D eigenvalue weighted by molar-refractivity contribution is 8.00. The lowest BCUT2D eigenvalue weighted by molar-refractivity contribution is -0.118. The van der Waals surface area contributed by atoms with Gasteiger partial charge in [-0.25, -0.2) is 0 Å². The number of nitrogens with one attached hydrogen (secondary N) is 1. The Morgan fingerprint density at radius 2 is 1.81 bits per heavy atom. The summed E-state index contributed by atoms with van der Waals surface area (Å²) in [6, 6.07) is 14.4. The second-order valence-corrected chi connectivity index (χ2v) is 5.57. The Kier molecular flexibility index (Phi) is 5.51. The molecule has 0 saturated carbocycles. The topological polar surface area (TPSA) is 69.6 Å². The third-order valence-corrected chi connectivity index (χ3v) is 3.90. The number of thioether (sulfide) groups is 1. The lowest BCUT2D eigenvalue weighted by Crippen LogP contribution is -2.27. The second kappa shape index (κ2) is 7.59. The van der Waals surface area contributed by atoms with Crippen molar-refractivity contribution in [1.82, 2.24) is 5.32 Å². The third kappa shape index (κ3) is 5.04. The number of hydrogen-bond acceptors (Lipinski definition) is 4. The lowest BCUT2D eigenvalue weighted by atomic mass is 10.1. The predicted octanol–water partition coefficient (Wildman–Crippen LogP) is 2.55. The van der Waals surface area contributed by atoms with Gasteiger partial charge in [-0.1, -0.05) is 24.3 Å². The SMILES string of the molecule is O=C(CSc1ccccc1)NCCc1ccc(O)c(O)c1. The number of amides is 1. The minimum Gasteiger partial charge on any atom is -0.504 e. The van der Waals surface area contributed by atoms with Gasteiger partial charge in [0, 0.05) is 11.4 Å². The van der Waals surface area contributed by atoms with Crippen molar-refractivity contribution in [3.63, 3.8) is 0 Å². The molecule has 2 aromatic rings. The second-order valence-electron chi connectivity index (χ2n) is 4.52. The number of phenolic OH excluding ortho intramolecular Hbond substituents is 2. The van der Waals surface area contributed by atoms with E-state index in [0.29, 0.717) is 18.7 Å². The Morgan fingerprint density at radius 3 is 2.52 bits per heavy atom. The highest BCUT2D eigenvalue weighted by Gasteiger charge is 2.04. The van der Waals surface area contributed by atoms with Crippen LogP contribution in [0.2, 0.25) is 0 Å². The van der Waals surface area contributed by atoms with E-state index in [1.54, 1.807) is 6.07 Å². The van der Waals surface area contributed by atoms with E-state index >= 15 is 0 Å². The van der Waals surface area contributed by atoms with Crippen LogP contribution in [-0.4, -0.2) is 28.4 Å². The molecule has 0 fully saturated rings. The van der Waals surface area contributed by atoms with E-state index in [0.717, 1.165) is 10.5 Å². The summed E-state index contributed by atoms with van der Waals surface area (Å²) in [6.07, 6.45) is 0.607. The van der Waals surface area contributed by atoms with Crippen molar-refractivity contribution in [2.45, 2.75) is 11.3 Å². The van der Waals surface area contributed by atoms with E-state index < -0.39 is 0 Å². The molecule has 0 heterocycles. The first-order valence-electron chi connectivity index (χ1n) is 6.60. The van der Waals surface area contributed by atoms with Crippen molar-refractivity contribution in [3.05, 3.63) is 54.1 Å². The largest absolute Gasteiger partial charge is 0.504 e. The number of carbonyl (C=O) groups excluding carboxylic acids is 1. The average Bonchev–Trinajstić information content (AvgIpc) is 2.50. The van der Waals surface area contributed by atoms with Gasteiger partial charge in [-0.2, -0.15) is 0 Å². The summed E-state index contributed by atoms with van der Waals surface area (Å²) in [4.78, 5) is 12.8. The Morgan fingerprint density at radius 1 is 1.05 bits per heavy atom. The zero-order chi connectivity index (χ0) is 15.1. The maximum Gasteiger partial charge on any atom is 0.230 e. The maximum absolute atomic E-state index is 11.7. The summed E-state index contributed by atoms with van der Waals surface area (Å²) in [7, 11) is 0. The van der Waals surface area contributed by atoms with Crippen LogP contribution in [0.15, 0.2) is 53.4 Å². The lowest BCUT2D eigenvalue weighted by Gasteiger charge is -2.06. The fourth-order valence-electron chi connectivity index (χ4n) is 1.79. The Bertz CT molecular complexity index is 602. The molecule has 21 heavy (non-hydrogen) atoms. The van der Waals surface area contributed by atoms with Crippen LogP contribution in [-0.2, 0) is 11.2 Å². The van der Waals surface area contributed by atoms with Gasteiger partial charge in [-0.15, -0.1) is 11.8 Å². The van der Waals surface area contributed by atoms with Crippen LogP contribution in [0.25, 0.3) is 0 Å². The smallest absolute Gasteiger partial charge is 0.230 e. The highest BCUT2D eigenvalue weighted by Crippen LogP contribution is 2.24. The summed E-state index contributed by atoms with van der Waals surface area (Å²) in [5, 5.41) is 21.4. The molecule has 0 radical (unpaired) electrons. The van der Waals surface area contributed by atoms with E-state index in [9.17, 15) is 15.0 Å². The normalized spacial score (nSPS) is 10.3. The van der Waals surface area contributed by atoms with Gasteiger partial charge in [0.05, 0.1) is 5.75 Å². The zero-order valence-electron chi connectivity index (χ0n) is 11.5. The highest BCUT2D eigenvalue weighted by atomic mass is 32.2. The van der Waals surface area contributed by atoms with E-state index in [-0.39, 0.29) is 17.4 Å². The van der Waals surface area contributed by atoms with Crippen LogP contribution in [0.5, 0.6) is 11.5 Å². The molecule has 0 aliphatic rings. The van der Waals surface area contributed by atoms with E-state index in [1.165, 1.54) is 23.9 Å². The van der Waals surface area contributed by atoms with Crippen LogP contribution in [0.1, 0.15) is 5.56 Å². The van der Waals surface area contributed by atoms with E-state index in [1.807, 2.05) is 30.3 Å². The number of benzene rings is 2. The van der Waals surface area contributed by atoms with Crippen LogP contribution >= 0.6 is 11.8 Å².